The fourth-order valence-corrected chi connectivity index (χ4v) is 2.63. The summed E-state index contributed by atoms with van der Waals surface area (Å²) >= 11 is 0. The van der Waals surface area contributed by atoms with Gasteiger partial charge in [0.05, 0.1) is 23.7 Å². The lowest BCUT2D eigenvalue weighted by Gasteiger charge is -2.19. The first-order valence-electron chi connectivity index (χ1n) is 8.86. The van der Waals surface area contributed by atoms with Crippen molar-refractivity contribution in [1.29, 1.82) is 0 Å². The van der Waals surface area contributed by atoms with Crippen molar-refractivity contribution in [2.45, 2.75) is 20.0 Å². The van der Waals surface area contributed by atoms with Crippen LogP contribution in [0.2, 0.25) is 0 Å². The van der Waals surface area contributed by atoms with E-state index >= 15 is 0 Å². The lowest BCUT2D eigenvalue weighted by atomic mass is 10.2. The number of ether oxygens (including phenoxy) is 1. The van der Waals surface area contributed by atoms with E-state index < -0.39 is 0 Å². The van der Waals surface area contributed by atoms with Gasteiger partial charge in [-0.15, -0.1) is 0 Å². The minimum Gasteiger partial charge on any atom is -0.489 e. The number of carbonyl (C=O) groups is 1. The lowest BCUT2D eigenvalue weighted by molar-refractivity contribution is 0.102. The first kappa shape index (κ1) is 18.5. The molecule has 0 atom stereocenters. The Balaban J connectivity index is 1.73. The number of carbonyl (C=O) groups excluding carboxylic acids is 1. The predicted octanol–water partition coefficient (Wildman–Crippen LogP) is 4.89. The standard InChI is InChI=1S/C22H23N3O2/c1-16(2)27-21-12-8-7-11-19(21)24-22(26)20-14-13-18(15-23-20)25(3)17-9-5-4-6-10-17/h4-16H,1-3H3,(H,24,26). The predicted molar refractivity (Wildman–Crippen MR) is 109 cm³/mol. The Morgan fingerprint density at radius 3 is 2.33 bits per heavy atom. The number of nitrogens with one attached hydrogen (secondary N) is 1. The van der Waals surface area contributed by atoms with E-state index in [1.165, 1.54) is 0 Å². The molecule has 27 heavy (non-hydrogen) atoms. The van der Waals surface area contributed by atoms with Gasteiger partial charge in [-0.1, -0.05) is 30.3 Å². The second-order valence-corrected chi connectivity index (χ2v) is 6.41. The van der Waals surface area contributed by atoms with Crippen LogP contribution in [0.4, 0.5) is 17.1 Å². The quantitative estimate of drug-likeness (QED) is 0.679. The Hall–Kier alpha value is -3.34. The van der Waals surface area contributed by atoms with Crippen LogP contribution >= 0.6 is 0 Å². The van der Waals surface area contributed by atoms with Crippen LogP contribution in [-0.4, -0.2) is 24.0 Å². The molecule has 2 aromatic carbocycles. The van der Waals surface area contributed by atoms with Gasteiger partial charge in [0.2, 0.25) is 0 Å². The molecule has 0 aliphatic rings. The van der Waals surface area contributed by atoms with Gasteiger partial charge in [-0.25, -0.2) is 4.98 Å². The van der Waals surface area contributed by atoms with E-state index in [0.29, 0.717) is 17.1 Å². The maximum atomic E-state index is 12.6. The van der Waals surface area contributed by atoms with E-state index in [1.807, 2.05) is 86.5 Å². The molecule has 1 amide bonds. The highest BCUT2D eigenvalue weighted by molar-refractivity contribution is 6.03. The molecule has 0 fully saturated rings. The Kier molecular flexibility index (Phi) is 5.71. The Morgan fingerprint density at radius 1 is 0.963 bits per heavy atom. The largest absolute Gasteiger partial charge is 0.489 e. The molecule has 0 saturated carbocycles. The van der Waals surface area contributed by atoms with Gasteiger partial charge in [-0.3, -0.25) is 4.79 Å². The van der Waals surface area contributed by atoms with Crippen LogP contribution in [0.5, 0.6) is 5.75 Å². The van der Waals surface area contributed by atoms with Crippen LogP contribution in [0, 0.1) is 0 Å². The molecule has 3 rings (SSSR count). The molecule has 5 heteroatoms. The van der Waals surface area contributed by atoms with Crippen molar-refractivity contribution in [2.75, 3.05) is 17.3 Å². The van der Waals surface area contributed by atoms with Gasteiger partial charge in [0, 0.05) is 12.7 Å². The summed E-state index contributed by atoms with van der Waals surface area (Å²) in [6, 6.07) is 21.0. The topological polar surface area (TPSA) is 54.5 Å². The van der Waals surface area contributed by atoms with Crippen LogP contribution in [0.1, 0.15) is 24.3 Å². The zero-order valence-electron chi connectivity index (χ0n) is 15.7. The van der Waals surface area contributed by atoms with Crippen molar-refractivity contribution >= 4 is 23.0 Å². The Labute approximate surface area is 159 Å². The van der Waals surface area contributed by atoms with E-state index in [1.54, 1.807) is 12.3 Å². The highest BCUT2D eigenvalue weighted by atomic mass is 16.5. The van der Waals surface area contributed by atoms with Gasteiger partial charge in [0.1, 0.15) is 11.4 Å². The molecule has 1 aromatic heterocycles. The number of para-hydroxylation sites is 3. The Morgan fingerprint density at radius 2 is 1.67 bits per heavy atom. The minimum absolute atomic E-state index is 0.0222. The summed E-state index contributed by atoms with van der Waals surface area (Å²) in [6.07, 6.45) is 1.72. The number of amides is 1. The van der Waals surface area contributed by atoms with Gasteiger partial charge in [0.25, 0.3) is 5.91 Å². The SMILES string of the molecule is CC(C)Oc1ccccc1NC(=O)c1ccc(N(C)c2ccccc2)cn1. The fourth-order valence-electron chi connectivity index (χ4n) is 2.63. The van der Waals surface area contributed by atoms with Crippen LogP contribution in [0.25, 0.3) is 0 Å². The molecule has 0 unspecified atom stereocenters. The van der Waals surface area contributed by atoms with Crippen molar-refractivity contribution in [3.05, 3.63) is 78.6 Å². The third-order valence-electron chi connectivity index (χ3n) is 4.01. The summed E-state index contributed by atoms with van der Waals surface area (Å²) in [4.78, 5) is 18.9. The van der Waals surface area contributed by atoms with Gasteiger partial charge < -0.3 is 15.0 Å². The highest BCUT2D eigenvalue weighted by Crippen LogP contribution is 2.26. The minimum atomic E-state index is -0.274. The molecule has 0 aliphatic carbocycles. The first-order chi connectivity index (χ1) is 13.0. The zero-order chi connectivity index (χ0) is 19.2. The summed E-state index contributed by atoms with van der Waals surface area (Å²) in [6.45, 7) is 3.89. The molecule has 5 nitrogen and oxygen atoms in total. The second-order valence-electron chi connectivity index (χ2n) is 6.41. The summed E-state index contributed by atoms with van der Waals surface area (Å²) in [5.74, 6) is 0.366. The molecule has 3 aromatic rings. The maximum Gasteiger partial charge on any atom is 0.274 e. The average Bonchev–Trinajstić information content (AvgIpc) is 2.69. The van der Waals surface area contributed by atoms with Gasteiger partial charge >= 0.3 is 0 Å². The molecule has 0 saturated heterocycles. The summed E-state index contributed by atoms with van der Waals surface area (Å²) < 4.78 is 5.74. The number of anilines is 3. The molecule has 0 radical (unpaired) electrons. The van der Waals surface area contributed by atoms with Crippen molar-refractivity contribution in [1.82, 2.24) is 4.98 Å². The Bertz CT molecular complexity index is 893. The number of hydrogen-bond donors (Lipinski definition) is 1. The molecule has 0 bridgehead atoms. The van der Waals surface area contributed by atoms with Crippen LogP contribution in [-0.2, 0) is 0 Å². The normalized spacial score (nSPS) is 10.5. The van der Waals surface area contributed by atoms with E-state index in [2.05, 4.69) is 10.3 Å². The summed E-state index contributed by atoms with van der Waals surface area (Å²) in [5, 5.41) is 2.87. The van der Waals surface area contributed by atoms with E-state index in [-0.39, 0.29) is 12.0 Å². The van der Waals surface area contributed by atoms with Crippen molar-refractivity contribution in [3.8, 4) is 5.75 Å². The summed E-state index contributed by atoms with van der Waals surface area (Å²) in [7, 11) is 1.96. The van der Waals surface area contributed by atoms with E-state index in [4.69, 9.17) is 4.74 Å². The summed E-state index contributed by atoms with van der Waals surface area (Å²) in [5.41, 5.74) is 2.93. The van der Waals surface area contributed by atoms with Crippen LogP contribution < -0.4 is 15.0 Å². The number of rotatable bonds is 6. The smallest absolute Gasteiger partial charge is 0.274 e. The van der Waals surface area contributed by atoms with Crippen molar-refractivity contribution < 1.29 is 9.53 Å². The van der Waals surface area contributed by atoms with Crippen molar-refractivity contribution in [3.63, 3.8) is 0 Å². The van der Waals surface area contributed by atoms with Crippen molar-refractivity contribution in [2.24, 2.45) is 0 Å². The van der Waals surface area contributed by atoms with E-state index in [0.717, 1.165) is 11.4 Å². The van der Waals surface area contributed by atoms with Crippen LogP contribution in [0.15, 0.2) is 72.9 Å². The molecular formula is C22H23N3O2. The number of hydrogen-bond acceptors (Lipinski definition) is 4. The zero-order valence-corrected chi connectivity index (χ0v) is 15.7. The first-order valence-corrected chi connectivity index (χ1v) is 8.86. The highest BCUT2D eigenvalue weighted by Gasteiger charge is 2.12. The number of aromatic nitrogens is 1. The maximum absolute atomic E-state index is 12.6. The van der Waals surface area contributed by atoms with Gasteiger partial charge in [0.15, 0.2) is 0 Å². The third kappa shape index (κ3) is 4.64. The van der Waals surface area contributed by atoms with E-state index in [9.17, 15) is 4.79 Å². The second kappa shape index (κ2) is 8.36. The number of benzene rings is 2. The molecule has 0 aliphatic heterocycles. The molecule has 1 heterocycles. The molecule has 1 N–H and O–H groups in total. The lowest BCUT2D eigenvalue weighted by Crippen LogP contribution is -2.16. The average molecular weight is 361 g/mol. The molecule has 0 spiro atoms. The number of nitrogens with zero attached hydrogens (tertiary/aromatic N) is 2. The van der Waals surface area contributed by atoms with Gasteiger partial charge in [-0.2, -0.15) is 0 Å². The van der Waals surface area contributed by atoms with Crippen LogP contribution in [0.3, 0.4) is 0 Å². The molecule has 138 valence electrons. The number of pyridine rings is 1. The third-order valence-corrected chi connectivity index (χ3v) is 4.01. The monoisotopic (exact) mass is 361 g/mol. The molecular weight excluding hydrogens is 338 g/mol. The fraction of sp³-hybridized carbons (Fsp3) is 0.182. The van der Waals surface area contributed by atoms with Gasteiger partial charge in [-0.05, 0) is 50.2 Å².